The predicted octanol–water partition coefficient (Wildman–Crippen LogP) is 1.47. The summed E-state index contributed by atoms with van der Waals surface area (Å²) in [5.74, 6) is 1.68. The van der Waals surface area contributed by atoms with Crippen molar-refractivity contribution in [1.29, 1.82) is 0 Å². The van der Waals surface area contributed by atoms with E-state index < -0.39 is 0 Å². The van der Waals surface area contributed by atoms with Gasteiger partial charge < -0.3 is 5.32 Å². The standard InChI is InChI=1S/C13H14N4OS/c18-13(12-8-19-9-14-12)16-10-3-1-4-11(7-10)17-6-2-5-15-17/h1-7,12,14H,8-9H2,(H,16,18). The van der Waals surface area contributed by atoms with E-state index in [0.717, 1.165) is 23.0 Å². The topological polar surface area (TPSA) is 59.0 Å². The molecule has 1 aromatic carbocycles. The van der Waals surface area contributed by atoms with Crippen molar-refractivity contribution < 1.29 is 4.79 Å². The minimum Gasteiger partial charge on any atom is -0.325 e. The molecule has 6 heteroatoms. The fourth-order valence-electron chi connectivity index (χ4n) is 1.94. The summed E-state index contributed by atoms with van der Waals surface area (Å²) in [5, 5.41) is 10.3. The Kier molecular flexibility index (Phi) is 3.52. The fourth-order valence-corrected chi connectivity index (χ4v) is 2.88. The zero-order valence-corrected chi connectivity index (χ0v) is 11.1. The summed E-state index contributed by atoms with van der Waals surface area (Å²) in [6, 6.07) is 9.42. The first kappa shape index (κ1) is 12.3. The lowest BCUT2D eigenvalue weighted by atomic mass is 10.2. The molecule has 0 radical (unpaired) electrons. The van der Waals surface area contributed by atoms with E-state index in [-0.39, 0.29) is 11.9 Å². The number of anilines is 1. The van der Waals surface area contributed by atoms with Gasteiger partial charge in [-0.1, -0.05) is 6.07 Å². The molecule has 2 heterocycles. The van der Waals surface area contributed by atoms with Crippen molar-refractivity contribution in [1.82, 2.24) is 15.1 Å². The van der Waals surface area contributed by atoms with Crippen molar-refractivity contribution in [2.24, 2.45) is 0 Å². The van der Waals surface area contributed by atoms with Crippen LogP contribution in [0.3, 0.4) is 0 Å². The molecule has 1 aliphatic heterocycles. The molecular formula is C13H14N4OS. The lowest BCUT2D eigenvalue weighted by Gasteiger charge is -2.11. The number of amides is 1. The number of nitrogens with one attached hydrogen (secondary N) is 2. The molecule has 0 bridgehead atoms. The van der Waals surface area contributed by atoms with E-state index in [2.05, 4.69) is 15.7 Å². The molecule has 98 valence electrons. The maximum Gasteiger partial charge on any atom is 0.242 e. The Morgan fingerprint density at radius 1 is 1.47 bits per heavy atom. The molecule has 2 N–H and O–H groups in total. The van der Waals surface area contributed by atoms with Crippen LogP contribution in [0.5, 0.6) is 0 Å². The lowest BCUT2D eigenvalue weighted by Crippen LogP contribution is -2.37. The van der Waals surface area contributed by atoms with E-state index in [0.29, 0.717) is 0 Å². The smallest absolute Gasteiger partial charge is 0.242 e. The molecule has 19 heavy (non-hydrogen) atoms. The van der Waals surface area contributed by atoms with Gasteiger partial charge in [-0.2, -0.15) is 5.10 Å². The second-order valence-electron chi connectivity index (χ2n) is 4.26. The molecule has 0 spiro atoms. The number of nitrogens with zero attached hydrogens (tertiary/aromatic N) is 2. The normalized spacial score (nSPS) is 18.4. The number of rotatable bonds is 3. The van der Waals surface area contributed by atoms with E-state index in [9.17, 15) is 4.79 Å². The van der Waals surface area contributed by atoms with Gasteiger partial charge >= 0.3 is 0 Å². The van der Waals surface area contributed by atoms with Crippen LogP contribution in [0.25, 0.3) is 5.69 Å². The maximum atomic E-state index is 12.0. The van der Waals surface area contributed by atoms with Gasteiger partial charge in [-0.05, 0) is 24.3 Å². The highest BCUT2D eigenvalue weighted by Crippen LogP contribution is 2.16. The van der Waals surface area contributed by atoms with Crippen molar-refractivity contribution >= 4 is 23.4 Å². The Morgan fingerprint density at radius 2 is 2.42 bits per heavy atom. The zero-order valence-electron chi connectivity index (χ0n) is 10.2. The van der Waals surface area contributed by atoms with Crippen LogP contribution in [0.4, 0.5) is 5.69 Å². The fraction of sp³-hybridized carbons (Fsp3) is 0.231. The van der Waals surface area contributed by atoms with Crippen molar-refractivity contribution in [3.05, 3.63) is 42.7 Å². The number of benzene rings is 1. The van der Waals surface area contributed by atoms with Gasteiger partial charge in [-0.25, -0.2) is 4.68 Å². The molecule has 0 aliphatic carbocycles. The van der Waals surface area contributed by atoms with Gasteiger partial charge in [0.2, 0.25) is 5.91 Å². The monoisotopic (exact) mass is 274 g/mol. The van der Waals surface area contributed by atoms with Gasteiger partial charge in [0.25, 0.3) is 0 Å². The third-order valence-electron chi connectivity index (χ3n) is 2.92. The van der Waals surface area contributed by atoms with E-state index in [1.165, 1.54) is 0 Å². The second kappa shape index (κ2) is 5.46. The summed E-state index contributed by atoms with van der Waals surface area (Å²) in [5.41, 5.74) is 1.72. The summed E-state index contributed by atoms with van der Waals surface area (Å²) >= 11 is 1.74. The third kappa shape index (κ3) is 2.80. The van der Waals surface area contributed by atoms with Gasteiger partial charge in [0.1, 0.15) is 0 Å². The summed E-state index contributed by atoms with van der Waals surface area (Å²) in [4.78, 5) is 12.0. The van der Waals surface area contributed by atoms with Gasteiger partial charge in [0.15, 0.2) is 0 Å². The summed E-state index contributed by atoms with van der Waals surface area (Å²) < 4.78 is 1.76. The predicted molar refractivity (Wildman–Crippen MR) is 76.4 cm³/mol. The third-order valence-corrected chi connectivity index (χ3v) is 3.86. The minimum atomic E-state index is -0.0987. The second-order valence-corrected chi connectivity index (χ2v) is 5.29. The van der Waals surface area contributed by atoms with Crippen LogP contribution < -0.4 is 10.6 Å². The summed E-state index contributed by atoms with van der Waals surface area (Å²) in [7, 11) is 0. The van der Waals surface area contributed by atoms with Crippen LogP contribution in [0.1, 0.15) is 0 Å². The number of hydrogen-bond acceptors (Lipinski definition) is 4. The Hall–Kier alpha value is -1.79. The first-order valence-corrected chi connectivity index (χ1v) is 7.20. The van der Waals surface area contributed by atoms with Gasteiger partial charge in [0, 0.05) is 29.7 Å². The minimum absolute atomic E-state index is 0.0163. The van der Waals surface area contributed by atoms with E-state index in [4.69, 9.17) is 0 Å². The molecule has 0 saturated carbocycles. The molecule has 1 unspecified atom stereocenters. The largest absolute Gasteiger partial charge is 0.325 e. The first-order chi connectivity index (χ1) is 9.33. The van der Waals surface area contributed by atoms with Crippen LogP contribution in [0.2, 0.25) is 0 Å². The molecule has 1 aromatic heterocycles. The number of carbonyl (C=O) groups is 1. The van der Waals surface area contributed by atoms with Crippen molar-refractivity contribution in [3.63, 3.8) is 0 Å². The van der Waals surface area contributed by atoms with Crippen molar-refractivity contribution in [2.75, 3.05) is 16.9 Å². The van der Waals surface area contributed by atoms with Crippen LogP contribution in [0, 0.1) is 0 Å². The molecule has 1 aliphatic rings. The average molecular weight is 274 g/mol. The molecule has 5 nitrogen and oxygen atoms in total. The number of thioether (sulfide) groups is 1. The molecule has 1 saturated heterocycles. The number of carbonyl (C=O) groups excluding carboxylic acids is 1. The van der Waals surface area contributed by atoms with E-state index in [1.807, 2.05) is 36.5 Å². The van der Waals surface area contributed by atoms with Crippen LogP contribution in [-0.2, 0) is 4.79 Å². The Bertz CT molecular complexity index is 564. The molecule has 3 rings (SSSR count). The van der Waals surface area contributed by atoms with Crippen molar-refractivity contribution in [3.8, 4) is 5.69 Å². The highest BCUT2D eigenvalue weighted by atomic mass is 32.2. The highest BCUT2D eigenvalue weighted by molar-refractivity contribution is 7.99. The highest BCUT2D eigenvalue weighted by Gasteiger charge is 2.22. The number of hydrogen-bond donors (Lipinski definition) is 2. The van der Waals surface area contributed by atoms with Crippen LogP contribution in [0.15, 0.2) is 42.7 Å². The number of aromatic nitrogens is 2. The molecule has 1 atom stereocenters. The van der Waals surface area contributed by atoms with Gasteiger partial charge in [0.05, 0.1) is 11.7 Å². The van der Waals surface area contributed by atoms with Crippen LogP contribution >= 0.6 is 11.8 Å². The van der Waals surface area contributed by atoms with Gasteiger partial charge in [-0.15, -0.1) is 11.8 Å². The Labute approximate surface area is 115 Å². The maximum absolute atomic E-state index is 12.0. The zero-order chi connectivity index (χ0) is 13.1. The van der Waals surface area contributed by atoms with E-state index in [1.54, 1.807) is 22.6 Å². The van der Waals surface area contributed by atoms with Crippen LogP contribution in [-0.4, -0.2) is 33.4 Å². The first-order valence-electron chi connectivity index (χ1n) is 6.05. The molecule has 1 fully saturated rings. The Morgan fingerprint density at radius 3 is 3.16 bits per heavy atom. The lowest BCUT2D eigenvalue weighted by molar-refractivity contribution is -0.117. The summed E-state index contributed by atoms with van der Waals surface area (Å²) in [6.45, 7) is 0. The summed E-state index contributed by atoms with van der Waals surface area (Å²) in [6.07, 6.45) is 3.60. The molecular weight excluding hydrogens is 260 g/mol. The van der Waals surface area contributed by atoms with Gasteiger partial charge in [-0.3, -0.25) is 10.1 Å². The van der Waals surface area contributed by atoms with Crippen molar-refractivity contribution in [2.45, 2.75) is 6.04 Å². The Balaban J connectivity index is 1.74. The van der Waals surface area contributed by atoms with E-state index >= 15 is 0 Å². The SMILES string of the molecule is O=C(Nc1cccc(-n2cccn2)c1)C1CSCN1. The molecule has 2 aromatic rings. The average Bonchev–Trinajstić information content (AvgIpc) is 3.13. The molecule has 1 amide bonds. The quantitative estimate of drug-likeness (QED) is 0.890.